The molecular weight excluding hydrogens is 639 g/mol. The number of anilines is 1. The number of halogens is 2. The highest BCUT2D eigenvalue weighted by Crippen LogP contribution is 2.64. The zero-order valence-electron chi connectivity index (χ0n) is 26.4. The second-order valence-electron chi connectivity index (χ2n) is 13.2. The van der Waals surface area contributed by atoms with Crippen LogP contribution in [0.2, 0.25) is 5.02 Å². The van der Waals surface area contributed by atoms with E-state index in [0.29, 0.717) is 18.4 Å². The van der Waals surface area contributed by atoms with Gasteiger partial charge in [0.2, 0.25) is 23.6 Å². The number of rotatable bonds is 7. The molecule has 0 aromatic heterocycles. The molecule has 3 aromatic rings. The van der Waals surface area contributed by atoms with Crippen molar-refractivity contribution in [2.45, 2.75) is 39.0 Å². The smallest absolute Gasteiger partial charge is 0.241 e. The van der Waals surface area contributed by atoms with Crippen molar-refractivity contribution in [1.82, 2.24) is 4.90 Å². The molecule has 0 spiro atoms. The van der Waals surface area contributed by atoms with Gasteiger partial charge in [-0.15, -0.1) is 0 Å². The molecular formula is C37H34ClFN2O7. The van der Waals surface area contributed by atoms with Gasteiger partial charge < -0.3 is 14.9 Å². The van der Waals surface area contributed by atoms with Gasteiger partial charge in [-0.2, -0.15) is 0 Å². The highest BCUT2D eigenvalue weighted by atomic mass is 35.5. The van der Waals surface area contributed by atoms with Crippen LogP contribution in [0.4, 0.5) is 10.1 Å². The second-order valence-corrected chi connectivity index (χ2v) is 13.6. The molecule has 7 rings (SSSR count). The van der Waals surface area contributed by atoms with Crippen LogP contribution in [0.1, 0.15) is 43.7 Å². The lowest BCUT2D eigenvalue weighted by Crippen LogP contribution is -2.48. The quantitative estimate of drug-likeness (QED) is 0.242. The van der Waals surface area contributed by atoms with E-state index in [1.807, 2.05) is 6.08 Å². The molecule has 2 heterocycles. The lowest BCUT2D eigenvalue weighted by Gasteiger charge is -2.49. The molecule has 2 aliphatic heterocycles. The van der Waals surface area contributed by atoms with Crippen molar-refractivity contribution in [3.8, 4) is 17.2 Å². The molecule has 9 nitrogen and oxygen atoms in total. The monoisotopic (exact) mass is 672 g/mol. The van der Waals surface area contributed by atoms with E-state index in [9.17, 15) is 33.8 Å². The van der Waals surface area contributed by atoms with Gasteiger partial charge in [-0.05, 0) is 92.6 Å². The van der Waals surface area contributed by atoms with Crippen LogP contribution < -0.4 is 9.64 Å². The first-order chi connectivity index (χ1) is 22.9. The standard InChI is InChI=1S/C37H34ClFN2O7/c1-3-48-30-16-20(6-13-29(30)43)32-23-10-11-24-31(35(46)40(33(24)44)15-14-19-4-8-22(42)9-5-19)25(23)18-26-34(45)41(36(47)37(26,32)2)21-7-12-28(39)27(38)17-21/h4-10,12-13,16-17,24-26,31-32,42-43H,3,11,14-15,18H2,1-2H3. The maximum atomic E-state index is 14.6. The number of hydrogen-bond donors (Lipinski definition) is 2. The van der Waals surface area contributed by atoms with Crippen LogP contribution in [-0.2, 0) is 25.6 Å². The van der Waals surface area contributed by atoms with Crippen LogP contribution in [-0.4, -0.2) is 51.9 Å². The third kappa shape index (κ3) is 4.79. The molecule has 4 aliphatic rings. The number of carbonyl (C=O) groups is 4. The van der Waals surface area contributed by atoms with Crippen molar-refractivity contribution in [2.75, 3.05) is 18.1 Å². The highest BCUT2D eigenvalue weighted by molar-refractivity contribution is 6.31. The third-order valence-corrected chi connectivity index (χ3v) is 11.0. The summed E-state index contributed by atoms with van der Waals surface area (Å²) in [7, 11) is 0. The molecule has 6 unspecified atom stereocenters. The minimum Gasteiger partial charge on any atom is -0.508 e. The van der Waals surface area contributed by atoms with E-state index in [1.165, 1.54) is 23.1 Å². The molecule has 2 saturated heterocycles. The molecule has 0 bridgehead atoms. The Morgan fingerprint density at radius 1 is 0.958 bits per heavy atom. The molecule has 3 fully saturated rings. The molecule has 48 heavy (non-hydrogen) atoms. The largest absolute Gasteiger partial charge is 0.508 e. The van der Waals surface area contributed by atoms with Crippen LogP contribution in [0.15, 0.2) is 72.3 Å². The molecule has 2 aliphatic carbocycles. The Hall–Kier alpha value is -4.70. The summed E-state index contributed by atoms with van der Waals surface area (Å²) in [6.07, 6.45) is 2.83. The van der Waals surface area contributed by atoms with Gasteiger partial charge in [0, 0.05) is 12.5 Å². The van der Waals surface area contributed by atoms with Crippen molar-refractivity contribution in [1.29, 1.82) is 0 Å². The molecule has 248 valence electrons. The number of ether oxygens (including phenoxy) is 1. The third-order valence-electron chi connectivity index (χ3n) is 10.7. The lowest BCUT2D eigenvalue weighted by molar-refractivity contribution is -0.140. The van der Waals surface area contributed by atoms with Gasteiger partial charge in [-0.25, -0.2) is 9.29 Å². The first-order valence-electron chi connectivity index (χ1n) is 16.1. The number of likely N-dealkylation sites (tertiary alicyclic amines) is 1. The summed E-state index contributed by atoms with van der Waals surface area (Å²) in [6, 6.07) is 15.2. The predicted molar refractivity (Wildman–Crippen MR) is 174 cm³/mol. The van der Waals surface area contributed by atoms with Crippen molar-refractivity contribution < 1.29 is 38.5 Å². The zero-order chi connectivity index (χ0) is 34.1. The fraction of sp³-hybridized carbons (Fsp3) is 0.351. The normalized spacial score (nSPS) is 27.9. The lowest BCUT2D eigenvalue weighted by atomic mass is 9.51. The Kier molecular flexibility index (Phi) is 7.82. The minimum atomic E-state index is -1.32. The van der Waals surface area contributed by atoms with Gasteiger partial charge in [0.15, 0.2) is 11.5 Å². The summed E-state index contributed by atoms with van der Waals surface area (Å²) in [5.41, 5.74) is 1.11. The fourth-order valence-corrected chi connectivity index (χ4v) is 8.61. The fourth-order valence-electron chi connectivity index (χ4n) is 8.44. The first-order valence-corrected chi connectivity index (χ1v) is 16.5. The first kappa shape index (κ1) is 31.9. The van der Waals surface area contributed by atoms with E-state index >= 15 is 0 Å². The van der Waals surface area contributed by atoms with Crippen LogP contribution >= 0.6 is 11.6 Å². The summed E-state index contributed by atoms with van der Waals surface area (Å²) in [4.78, 5) is 59.1. The van der Waals surface area contributed by atoms with Gasteiger partial charge in [-0.1, -0.05) is 41.4 Å². The van der Waals surface area contributed by atoms with Crippen molar-refractivity contribution in [3.63, 3.8) is 0 Å². The van der Waals surface area contributed by atoms with E-state index in [1.54, 1.807) is 50.2 Å². The second kappa shape index (κ2) is 11.8. The maximum Gasteiger partial charge on any atom is 0.241 e. The van der Waals surface area contributed by atoms with Crippen molar-refractivity contribution in [3.05, 3.63) is 94.3 Å². The maximum absolute atomic E-state index is 14.6. The number of phenols is 2. The average molecular weight is 673 g/mol. The van der Waals surface area contributed by atoms with Gasteiger partial charge in [0.25, 0.3) is 0 Å². The summed E-state index contributed by atoms with van der Waals surface area (Å²) in [6.45, 7) is 3.98. The van der Waals surface area contributed by atoms with Crippen LogP contribution in [0.3, 0.4) is 0 Å². The average Bonchev–Trinajstić information content (AvgIpc) is 3.42. The molecule has 1 saturated carbocycles. The Balaban J connectivity index is 1.30. The Labute approximate surface area is 281 Å². The molecule has 6 atom stereocenters. The topological polar surface area (TPSA) is 124 Å². The Morgan fingerprint density at radius 3 is 2.42 bits per heavy atom. The zero-order valence-corrected chi connectivity index (χ0v) is 27.1. The van der Waals surface area contributed by atoms with Gasteiger partial charge >= 0.3 is 0 Å². The number of fused-ring (bicyclic) bond motifs is 4. The number of benzene rings is 3. The SMILES string of the molecule is CCOc1cc(C2C3=CCC4C(=O)N(CCc5ccc(O)cc5)C(=O)C4C3CC3C(=O)N(c4ccc(F)c(Cl)c4)C(=O)C32C)ccc1O. The van der Waals surface area contributed by atoms with E-state index in [0.717, 1.165) is 22.1 Å². The number of nitrogens with zero attached hydrogens (tertiary/aromatic N) is 2. The molecule has 3 aromatic carbocycles. The summed E-state index contributed by atoms with van der Waals surface area (Å²) in [5.74, 6) is -5.37. The summed E-state index contributed by atoms with van der Waals surface area (Å²) < 4.78 is 19.8. The number of amides is 4. The van der Waals surface area contributed by atoms with Crippen molar-refractivity contribution >= 4 is 40.9 Å². The van der Waals surface area contributed by atoms with Crippen LogP contribution in [0, 0.1) is 34.9 Å². The number of imide groups is 2. The Morgan fingerprint density at radius 2 is 1.71 bits per heavy atom. The number of allylic oxidation sites excluding steroid dienone is 2. The number of carbonyl (C=O) groups excluding carboxylic acids is 4. The van der Waals surface area contributed by atoms with Gasteiger partial charge in [-0.3, -0.25) is 24.1 Å². The van der Waals surface area contributed by atoms with Crippen LogP contribution in [0.5, 0.6) is 17.2 Å². The number of aromatic hydroxyl groups is 2. The van der Waals surface area contributed by atoms with Crippen molar-refractivity contribution in [2.24, 2.45) is 29.1 Å². The summed E-state index contributed by atoms with van der Waals surface area (Å²) in [5, 5.41) is 19.9. The minimum absolute atomic E-state index is 0.0791. The van der Waals surface area contributed by atoms with E-state index < -0.39 is 52.6 Å². The molecule has 2 N–H and O–H groups in total. The molecule has 4 amide bonds. The Bertz CT molecular complexity index is 1890. The highest BCUT2D eigenvalue weighted by Gasteiger charge is 2.67. The van der Waals surface area contributed by atoms with E-state index in [2.05, 4.69) is 0 Å². The van der Waals surface area contributed by atoms with E-state index in [-0.39, 0.29) is 59.3 Å². The predicted octanol–water partition coefficient (Wildman–Crippen LogP) is 5.76. The number of phenolic OH excluding ortho intramolecular Hbond substituents is 2. The summed E-state index contributed by atoms with van der Waals surface area (Å²) >= 11 is 6.08. The molecule has 0 radical (unpaired) electrons. The van der Waals surface area contributed by atoms with Gasteiger partial charge in [0.1, 0.15) is 11.6 Å². The van der Waals surface area contributed by atoms with E-state index in [4.69, 9.17) is 16.3 Å². The van der Waals surface area contributed by atoms with Crippen LogP contribution in [0.25, 0.3) is 0 Å². The number of hydrogen-bond acceptors (Lipinski definition) is 7. The molecule has 11 heteroatoms. The van der Waals surface area contributed by atoms with Gasteiger partial charge in [0.05, 0.1) is 40.5 Å².